The monoisotopic (exact) mass is 582 g/mol. The molecule has 0 aliphatic heterocycles. The van der Waals surface area contributed by atoms with Gasteiger partial charge in [-0.1, -0.05) is 105 Å². The van der Waals surface area contributed by atoms with E-state index in [1.807, 2.05) is 65.6 Å². The fraction of sp³-hybridized carbons (Fsp3) is 0.406. The van der Waals surface area contributed by atoms with Gasteiger partial charge in [-0.25, -0.2) is 4.57 Å². The van der Waals surface area contributed by atoms with E-state index in [-0.39, 0.29) is 0 Å². The molecule has 0 aliphatic rings. The van der Waals surface area contributed by atoms with E-state index in [2.05, 4.69) is 11.5 Å². The number of nitrogens with zero attached hydrogens (tertiary/aromatic N) is 1. The highest BCUT2D eigenvalue weighted by Gasteiger charge is 2.09. The normalized spacial score (nSPS) is 11.9. The molecule has 40 heavy (non-hydrogen) atoms. The van der Waals surface area contributed by atoms with E-state index in [1.165, 1.54) is 57.8 Å². The molecule has 0 amide bonds. The molecule has 214 valence electrons. The summed E-state index contributed by atoms with van der Waals surface area (Å²) < 4.78 is 31.0. The summed E-state index contributed by atoms with van der Waals surface area (Å²) in [6, 6.07) is 19.0. The summed E-state index contributed by atoms with van der Waals surface area (Å²) in [6.07, 6.45) is 15.1. The summed E-state index contributed by atoms with van der Waals surface area (Å²) in [7, 11) is -2.91. The number of ether oxygens (including phenoxy) is 1. The van der Waals surface area contributed by atoms with Crippen LogP contribution in [0.5, 0.6) is 17.2 Å². The lowest BCUT2D eigenvalue weighted by molar-refractivity contribution is -0.683. The maximum absolute atomic E-state index is 12.4. The van der Waals surface area contributed by atoms with Gasteiger partial charge >= 0.3 is 8.25 Å². The molecule has 0 fully saturated rings. The van der Waals surface area contributed by atoms with E-state index < -0.39 is 8.25 Å². The van der Waals surface area contributed by atoms with Crippen LogP contribution in [0.3, 0.4) is 0 Å². The number of hydrogen-bond acceptors (Lipinski definition) is 6. The third-order valence-corrected chi connectivity index (χ3v) is 8.04. The van der Waals surface area contributed by atoms with Gasteiger partial charge in [-0.3, -0.25) is 0 Å². The number of fused-ring (bicyclic) bond motifs is 1. The van der Waals surface area contributed by atoms with Crippen molar-refractivity contribution in [2.45, 2.75) is 77.7 Å². The molecule has 8 heteroatoms. The van der Waals surface area contributed by atoms with Crippen molar-refractivity contribution in [3.8, 4) is 17.2 Å². The Labute approximate surface area is 242 Å². The predicted octanol–water partition coefficient (Wildman–Crippen LogP) is 9.32. The third kappa shape index (κ3) is 10.6. The van der Waals surface area contributed by atoms with Crippen molar-refractivity contribution in [1.29, 1.82) is 0 Å². The number of aromatic nitrogens is 1. The average molecular weight is 583 g/mol. The standard InChI is InChI=1S/C32H41NO5PS/c1-2-3-4-5-6-7-8-9-10-11-20-35-30-17-15-28-16-18-31(24-29(28)23-30)36-38-39(34)37-32-14-12-13-27(22-32)25-33-19-21-40-26-33/h12-19,21-24,26,39H,2-11,20,25H2,1H3/q+1. The first-order valence-corrected chi connectivity index (χ1v) is 16.6. The minimum absolute atomic E-state index is 0.448. The highest BCUT2D eigenvalue weighted by molar-refractivity contribution is 7.33. The van der Waals surface area contributed by atoms with E-state index in [9.17, 15) is 4.57 Å². The summed E-state index contributed by atoms with van der Waals surface area (Å²) in [5.74, 6) is 1.76. The second kappa shape index (κ2) is 17.1. The molecule has 0 spiro atoms. The van der Waals surface area contributed by atoms with E-state index in [1.54, 1.807) is 23.5 Å². The van der Waals surface area contributed by atoms with Gasteiger partial charge in [0, 0.05) is 5.56 Å². The van der Waals surface area contributed by atoms with Crippen LogP contribution in [0.4, 0.5) is 0 Å². The largest absolute Gasteiger partial charge is 0.494 e. The van der Waals surface area contributed by atoms with Crippen LogP contribution >= 0.6 is 19.6 Å². The smallest absolute Gasteiger partial charge is 0.405 e. The Hall–Kier alpha value is -2.86. The topological polar surface area (TPSA) is 57.9 Å². The van der Waals surface area contributed by atoms with Gasteiger partial charge in [-0.15, -0.1) is 0 Å². The first kappa shape index (κ1) is 30.1. The highest BCUT2D eigenvalue weighted by Crippen LogP contribution is 2.31. The zero-order valence-corrected chi connectivity index (χ0v) is 25.2. The lowest BCUT2D eigenvalue weighted by Gasteiger charge is -2.10. The Morgan fingerprint density at radius 1 is 0.775 bits per heavy atom. The van der Waals surface area contributed by atoms with Crippen molar-refractivity contribution in [3.05, 3.63) is 83.3 Å². The number of hydrogen-bond donors (Lipinski definition) is 0. The molecule has 4 rings (SSSR count). The molecule has 0 N–H and O–H groups in total. The fourth-order valence-electron chi connectivity index (χ4n) is 4.59. The van der Waals surface area contributed by atoms with E-state index in [0.29, 0.717) is 24.7 Å². The average Bonchev–Trinajstić information content (AvgIpc) is 3.48. The van der Waals surface area contributed by atoms with Crippen molar-refractivity contribution < 1.29 is 28.0 Å². The molecular weight excluding hydrogens is 541 g/mol. The molecule has 1 aromatic heterocycles. The first-order chi connectivity index (χ1) is 19.7. The minimum Gasteiger partial charge on any atom is -0.494 e. The summed E-state index contributed by atoms with van der Waals surface area (Å²) >= 11 is 1.63. The van der Waals surface area contributed by atoms with Crippen LogP contribution in [-0.2, 0) is 15.8 Å². The van der Waals surface area contributed by atoms with Gasteiger partial charge in [0.2, 0.25) is 5.51 Å². The molecule has 0 aliphatic carbocycles. The van der Waals surface area contributed by atoms with Crippen molar-refractivity contribution in [2.75, 3.05) is 6.61 Å². The summed E-state index contributed by atoms with van der Waals surface area (Å²) in [4.78, 5) is 5.34. The second-order valence-electron chi connectivity index (χ2n) is 10.1. The molecule has 0 saturated heterocycles. The van der Waals surface area contributed by atoms with Crippen molar-refractivity contribution in [3.63, 3.8) is 0 Å². The van der Waals surface area contributed by atoms with Crippen molar-refractivity contribution in [2.24, 2.45) is 0 Å². The van der Waals surface area contributed by atoms with Crippen LogP contribution in [0, 0.1) is 0 Å². The first-order valence-electron chi connectivity index (χ1n) is 14.4. The molecule has 0 saturated carbocycles. The summed E-state index contributed by atoms with van der Waals surface area (Å²) in [5.41, 5.74) is 3.07. The van der Waals surface area contributed by atoms with Crippen molar-refractivity contribution >= 4 is 30.4 Å². The molecule has 1 heterocycles. The van der Waals surface area contributed by atoms with E-state index in [4.69, 9.17) is 18.8 Å². The number of rotatable bonds is 19. The Kier molecular flexibility index (Phi) is 12.8. The predicted molar refractivity (Wildman–Crippen MR) is 163 cm³/mol. The summed E-state index contributed by atoms with van der Waals surface area (Å²) in [5, 5.41) is 4.04. The van der Waals surface area contributed by atoms with Crippen LogP contribution in [0.1, 0.15) is 76.7 Å². The quantitative estimate of drug-likeness (QED) is 0.0363. The molecule has 3 aromatic carbocycles. The van der Waals surface area contributed by atoms with Gasteiger partial charge < -0.3 is 14.1 Å². The minimum atomic E-state index is -2.91. The molecule has 6 nitrogen and oxygen atoms in total. The van der Waals surface area contributed by atoms with Crippen LogP contribution < -0.4 is 18.7 Å². The zero-order chi connectivity index (χ0) is 27.8. The fourth-order valence-corrected chi connectivity index (χ4v) is 5.71. The highest BCUT2D eigenvalue weighted by atomic mass is 32.1. The van der Waals surface area contributed by atoms with Gasteiger partial charge in [0.05, 0.1) is 12.0 Å². The molecule has 4 aromatic rings. The maximum atomic E-state index is 12.4. The Bertz CT molecular complexity index is 1310. The van der Waals surface area contributed by atoms with Gasteiger partial charge in [0.25, 0.3) is 0 Å². The van der Waals surface area contributed by atoms with Crippen LogP contribution in [-0.4, -0.2) is 6.61 Å². The Balaban J connectivity index is 1.17. The van der Waals surface area contributed by atoms with E-state index >= 15 is 0 Å². The Morgan fingerprint density at radius 2 is 1.50 bits per heavy atom. The molecule has 1 atom stereocenters. The lowest BCUT2D eigenvalue weighted by atomic mass is 10.1. The molecule has 0 radical (unpaired) electrons. The maximum Gasteiger partial charge on any atom is 0.405 e. The lowest BCUT2D eigenvalue weighted by Crippen LogP contribution is -2.30. The van der Waals surface area contributed by atoms with Gasteiger partial charge in [0.15, 0.2) is 18.5 Å². The second-order valence-corrected chi connectivity index (χ2v) is 11.7. The zero-order valence-electron chi connectivity index (χ0n) is 23.4. The van der Waals surface area contributed by atoms with Gasteiger partial charge in [0.1, 0.15) is 11.5 Å². The van der Waals surface area contributed by atoms with Gasteiger partial charge in [-0.05, 0) is 53.6 Å². The Morgan fingerprint density at radius 3 is 2.25 bits per heavy atom. The van der Waals surface area contributed by atoms with Crippen LogP contribution in [0.15, 0.2) is 77.8 Å². The van der Waals surface area contributed by atoms with Gasteiger partial charge in [-0.2, -0.15) is 4.57 Å². The molecule has 1 unspecified atom stereocenters. The molecule has 0 bridgehead atoms. The van der Waals surface area contributed by atoms with Crippen LogP contribution in [0.25, 0.3) is 10.8 Å². The van der Waals surface area contributed by atoms with E-state index in [0.717, 1.165) is 28.5 Å². The summed E-state index contributed by atoms with van der Waals surface area (Å²) in [6.45, 7) is 3.69. The van der Waals surface area contributed by atoms with Crippen molar-refractivity contribution in [1.82, 2.24) is 0 Å². The number of unbranched alkanes of at least 4 members (excludes halogenated alkanes) is 9. The third-order valence-electron chi connectivity index (χ3n) is 6.75. The number of thiazole rings is 1. The molecular formula is C32H41NO5PS+. The number of benzene rings is 3. The SMILES string of the molecule is CCCCCCCCCCCCOc1ccc2ccc(OO[PH](=O)Oc3cccc(C[n+]4ccsc4)c3)cc2c1. The van der Waals surface area contributed by atoms with Crippen LogP contribution in [0.2, 0.25) is 0 Å².